The molecule has 0 radical (unpaired) electrons. The van der Waals surface area contributed by atoms with Crippen molar-refractivity contribution in [3.63, 3.8) is 0 Å². The molecule has 9 heteroatoms. The molecule has 0 atom stereocenters. The van der Waals surface area contributed by atoms with E-state index < -0.39 is 23.3 Å². The van der Waals surface area contributed by atoms with Crippen LogP contribution < -0.4 is 0 Å². The maximum Gasteiger partial charge on any atom is 0.418 e. The zero-order chi connectivity index (χ0) is 14.9. The first-order valence-electron chi connectivity index (χ1n) is 5.08. The number of hydrogen-bond donors (Lipinski definition) is 1. The van der Waals surface area contributed by atoms with E-state index >= 15 is 0 Å². The van der Waals surface area contributed by atoms with Gasteiger partial charge >= 0.3 is 12.1 Å². The Kier molecular flexibility index (Phi) is 3.15. The Balaban J connectivity index is 2.66. The van der Waals surface area contributed by atoms with Crippen molar-refractivity contribution >= 4 is 5.97 Å². The molecule has 20 heavy (non-hydrogen) atoms. The van der Waals surface area contributed by atoms with Gasteiger partial charge in [-0.05, 0) is 0 Å². The third-order valence-electron chi connectivity index (χ3n) is 2.39. The molecule has 0 aliphatic heterocycles. The number of carbonyl (C=O) groups is 1. The molecule has 0 bridgehead atoms. The summed E-state index contributed by atoms with van der Waals surface area (Å²) >= 11 is 0. The minimum absolute atomic E-state index is 0.173. The van der Waals surface area contributed by atoms with E-state index in [1.807, 2.05) is 0 Å². The molecule has 102 valence electrons. The fourth-order valence-corrected chi connectivity index (χ4v) is 1.57. The van der Waals surface area contributed by atoms with Gasteiger partial charge in [0.05, 0.1) is 11.1 Å². The molecular weight excluding hydrogens is 277 g/mol. The first-order valence-corrected chi connectivity index (χ1v) is 5.08. The van der Waals surface area contributed by atoms with Gasteiger partial charge in [-0.3, -0.25) is 0 Å². The maximum absolute atomic E-state index is 12.7. The fraction of sp³-hybridized carbons (Fsp3) is 0.0909. The number of hydrogen-bond acceptors (Lipinski definition) is 4. The highest BCUT2D eigenvalue weighted by Gasteiger charge is 2.37. The van der Waals surface area contributed by atoms with Crippen LogP contribution in [0.1, 0.15) is 21.6 Å². The number of carboxylic acid groups (broad SMARTS) is 1. The van der Waals surface area contributed by atoms with E-state index in [-0.39, 0.29) is 11.5 Å². The summed E-state index contributed by atoms with van der Waals surface area (Å²) in [5, 5.41) is 17.6. The first-order chi connectivity index (χ1) is 9.34. The predicted molar refractivity (Wildman–Crippen MR) is 58.0 cm³/mol. The van der Waals surface area contributed by atoms with Crippen molar-refractivity contribution in [1.82, 2.24) is 14.5 Å². The van der Waals surface area contributed by atoms with E-state index in [4.69, 9.17) is 10.4 Å². The Morgan fingerprint density at radius 2 is 1.95 bits per heavy atom. The highest BCUT2D eigenvalue weighted by atomic mass is 19.4. The van der Waals surface area contributed by atoms with Gasteiger partial charge in [0.15, 0.2) is 11.5 Å². The third kappa shape index (κ3) is 2.31. The molecular formula is C11H5F3N4O2. The van der Waals surface area contributed by atoms with Crippen LogP contribution in [0.4, 0.5) is 13.2 Å². The fourth-order valence-electron chi connectivity index (χ4n) is 1.57. The normalized spacial score (nSPS) is 11.1. The summed E-state index contributed by atoms with van der Waals surface area (Å²) in [5.74, 6) is -1.90. The van der Waals surface area contributed by atoms with Gasteiger partial charge in [0.1, 0.15) is 6.07 Å². The Hall–Kier alpha value is -2.89. The molecule has 2 aromatic rings. The van der Waals surface area contributed by atoms with E-state index in [1.54, 1.807) is 6.07 Å². The van der Waals surface area contributed by atoms with Gasteiger partial charge in [-0.1, -0.05) is 0 Å². The molecule has 1 N–H and O–H groups in total. The van der Waals surface area contributed by atoms with Crippen LogP contribution in [0.25, 0.3) is 5.82 Å². The second-order valence-electron chi connectivity index (χ2n) is 3.64. The smallest absolute Gasteiger partial charge is 0.418 e. The molecule has 0 amide bonds. The zero-order valence-electron chi connectivity index (χ0n) is 9.59. The van der Waals surface area contributed by atoms with E-state index in [9.17, 15) is 18.0 Å². The molecule has 0 fully saturated rings. The van der Waals surface area contributed by atoms with E-state index in [0.29, 0.717) is 6.20 Å². The summed E-state index contributed by atoms with van der Waals surface area (Å²) < 4.78 is 39.0. The number of carboxylic acids is 1. The van der Waals surface area contributed by atoms with Crippen LogP contribution in [0.2, 0.25) is 0 Å². The molecule has 0 saturated carbocycles. The van der Waals surface area contributed by atoms with Crippen molar-refractivity contribution in [2.75, 3.05) is 0 Å². The minimum atomic E-state index is -4.83. The Morgan fingerprint density at radius 1 is 1.30 bits per heavy atom. The molecule has 2 aromatic heterocycles. The third-order valence-corrected chi connectivity index (χ3v) is 2.39. The molecule has 0 spiro atoms. The summed E-state index contributed by atoms with van der Waals surface area (Å²) in [4.78, 5) is 18.2. The zero-order valence-corrected chi connectivity index (χ0v) is 9.59. The first kappa shape index (κ1) is 13.5. The average Bonchev–Trinajstić information content (AvgIpc) is 2.83. The second kappa shape index (κ2) is 4.65. The van der Waals surface area contributed by atoms with Crippen molar-refractivity contribution in [3.05, 3.63) is 41.6 Å². The molecule has 2 rings (SSSR count). The number of alkyl halides is 3. The lowest BCUT2D eigenvalue weighted by Crippen LogP contribution is -2.09. The van der Waals surface area contributed by atoms with Crippen molar-refractivity contribution in [1.29, 1.82) is 5.26 Å². The highest BCUT2D eigenvalue weighted by Crippen LogP contribution is 2.33. The van der Waals surface area contributed by atoms with Crippen molar-refractivity contribution in [2.45, 2.75) is 6.18 Å². The molecule has 0 saturated heterocycles. The van der Waals surface area contributed by atoms with Gasteiger partial charge in [-0.2, -0.15) is 18.4 Å². The molecule has 0 aliphatic rings. The van der Waals surface area contributed by atoms with Gasteiger partial charge in [0.2, 0.25) is 0 Å². The largest absolute Gasteiger partial charge is 0.478 e. The van der Waals surface area contributed by atoms with Crippen molar-refractivity contribution in [3.8, 4) is 11.9 Å². The molecule has 2 heterocycles. The standard InChI is InChI=1S/C11H5F3N4O2/c12-11(13,14)7-5-18(4-6(7)10(19)20)9-8(3-15)16-1-2-17-9/h1-2,4-5H,(H,19,20). The Labute approximate surface area is 109 Å². The SMILES string of the molecule is N#Cc1nccnc1-n1cc(C(=O)O)c(C(F)(F)F)c1. The lowest BCUT2D eigenvalue weighted by atomic mass is 10.2. The molecule has 6 nitrogen and oxygen atoms in total. The number of rotatable bonds is 2. The summed E-state index contributed by atoms with van der Waals surface area (Å²) in [7, 11) is 0. The minimum Gasteiger partial charge on any atom is -0.478 e. The number of nitriles is 1. The highest BCUT2D eigenvalue weighted by molar-refractivity contribution is 5.89. The topological polar surface area (TPSA) is 91.8 Å². The van der Waals surface area contributed by atoms with Gasteiger partial charge in [0, 0.05) is 24.8 Å². The van der Waals surface area contributed by atoms with Gasteiger partial charge in [-0.25, -0.2) is 14.8 Å². The monoisotopic (exact) mass is 282 g/mol. The average molecular weight is 282 g/mol. The van der Waals surface area contributed by atoms with Crippen molar-refractivity contribution in [2.24, 2.45) is 0 Å². The lowest BCUT2D eigenvalue weighted by Gasteiger charge is -2.04. The number of nitrogens with zero attached hydrogens (tertiary/aromatic N) is 4. The Bertz CT molecular complexity index is 715. The Morgan fingerprint density at radius 3 is 2.45 bits per heavy atom. The molecule has 0 aromatic carbocycles. The van der Waals surface area contributed by atoms with Crippen LogP contribution in [0, 0.1) is 11.3 Å². The van der Waals surface area contributed by atoms with Crippen LogP contribution in [0.3, 0.4) is 0 Å². The van der Waals surface area contributed by atoms with Crippen LogP contribution in [-0.2, 0) is 6.18 Å². The van der Waals surface area contributed by atoms with Gasteiger partial charge in [0.25, 0.3) is 0 Å². The molecule has 0 unspecified atom stereocenters. The number of aromatic carboxylic acids is 1. The van der Waals surface area contributed by atoms with E-state index in [1.165, 1.54) is 12.4 Å². The quantitative estimate of drug-likeness (QED) is 0.907. The summed E-state index contributed by atoms with van der Waals surface area (Å²) in [6.45, 7) is 0. The van der Waals surface area contributed by atoms with E-state index in [0.717, 1.165) is 10.8 Å². The van der Waals surface area contributed by atoms with Crippen molar-refractivity contribution < 1.29 is 23.1 Å². The van der Waals surface area contributed by atoms with Gasteiger partial charge < -0.3 is 9.67 Å². The van der Waals surface area contributed by atoms with Crippen LogP contribution in [0.15, 0.2) is 24.8 Å². The van der Waals surface area contributed by atoms with Crippen LogP contribution >= 0.6 is 0 Å². The second-order valence-corrected chi connectivity index (χ2v) is 3.64. The maximum atomic E-state index is 12.7. The predicted octanol–water partition coefficient (Wildman–Crippen LogP) is 1.86. The van der Waals surface area contributed by atoms with Crippen LogP contribution in [-0.4, -0.2) is 25.6 Å². The number of halogens is 3. The number of aromatic nitrogens is 3. The van der Waals surface area contributed by atoms with Gasteiger partial charge in [-0.15, -0.1) is 0 Å². The summed E-state index contributed by atoms with van der Waals surface area (Å²) in [5.41, 5.74) is -2.46. The lowest BCUT2D eigenvalue weighted by molar-refractivity contribution is -0.138. The van der Waals surface area contributed by atoms with Crippen LogP contribution in [0.5, 0.6) is 0 Å². The van der Waals surface area contributed by atoms with E-state index in [2.05, 4.69) is 9.97 Å². The summed E-state index contributed by atoms with van der Waals surface area (Å²) in [6, 6.07) is 1.67. The molecule has 0 aliphatic carbocycles. The summed E-state index contributed by atoms with van der Waals surface area (Å²) in [6.07, 6.45) is -1.13.